The number of aliphatic hydroxyl groups excluding tert-OH is 1. The SMILES string of the molecule is CC(=O)O[C@@H]1CC(C)(C)C(=CC=C(C)C=CC=C(C)C=CC=CC(C)=CC(=O)/C=C(C=O)/C=C/C2C(C)(C)CC(O)CC2(C)C)[C@](C)(O)C1. The van der Waals surface area contributed by atoms with Crippen molar-refractivity contribution in [2.75, 3.05) is 0 Å². The van der Waals surface area contributed by atoms with Crippen LogP contribution in [-0.2, 0) is 19.1 Å². The predicted octanol–water partition coefficient (Wildman–Crippen LogP) is 9.00. The molecule has 0 aromatic rings. The van der Waals surface area contributed by atoms with E-state index in [4.69, 9.17) is 4.74 Å². The highest BCUT2D eigenvalue weighted by atomic mass is 16.5. The summed E-state index contributed by atoms with van der Waals surface area (Å²) in [7, 11) is 0. The van der Waals surface area contributed by atoms with E-state index < -0.39 is 5.60 Å². The summed E-state index contributed by atoms with van der Waals surface area (Å²) in [5, 5.41) is 21.5. The number of hydrogen-bond acceptors (Lipinski definition) is 6. The Bertz CT molecular complexity index is 1460. The van der Waals surface area contributed by atoms with Crippen molar-refractivity contribution in [3.05, 3.63) is 107 Å². The molecular weight excluding hydrogens is 612 g/mol. The third-order valence-electron chi connectivity index (χ3n) is 9.57. The van der Waals surface area contributed by atoms with Gasteiger partial charge in [0.2, 0.25) is 0 Å². The lowest BCUT2D eigenvalue weighted by molar-refractivity contribution is -0.152. The van der Waals surface area contributed by atoms with Crippen LogP contribution in [0.5, 0.6) is 0 Å². The minimum Gasteiger partial charge on any atom is -0.462 e. The van der Waals surface area contributed by atoms with Gasteiger partial charge in [-0.05, 0) is 92.4 Å². The quantitative estimate of drug-likeness (QED) is 0.0929. The molecule has 2 saturated carbocycles. The normalized spacial score (nSPS) is 29.0. The van der Waals surface area contributed by atoms with Crippen molar-refractivity contribution in [1.82, 2.24) is 0 Å². The number of hydrogen-bond donors (Lipinski definition) is 2. The number of carbonyl (C=O) groups is 3. The average molecular weight is 673 g/mol. The Morgan fingerprint density at radius 2 is 1.29 bits per heavy atom. The highest BCUT2D eigenvalue weighted by molar-refractivity contribution is 6.03. The first kappa shape index (κ1) is 41.6. The second-order valence-electron chi connectivity index (χ2n) is 16.2. The van der Waals surface area contributed by atoms with Crippen LogP contribution in [0.3, 0.4) is 0 Å². The molecule has 0 amide bonds. The second kappa shape index (κ2) is 17.4. The molecule has 2 N–H and O–H groups in total. The average Bonchev–Trinajstić information content (AvgIpc) is 2.91. The number of rotatable bonds is 12. The zero-order valence-electron chi connectivity index (χ0n) is 31.7. The lowest BCUT2D eigenvalue weighted by Gasteiger charge is -2.50. The number of ether oxygens (including phenoxy) is 1. The van der Waals surface area contributed by atoms with E-state index in [-0.39, 0.29) is 46.1 Å². The van der Waals surface area contributed by atoms with Gasteiger partial charge in [-0.15, -0.1) is 0 Å². The van der Waals surface area contributed by atoms with Gasteiger partial charge in [0.05, 0.1) is 11.7 Å². The van der Waals surface area contributed by atoms with Gasteiger partial charge in [0, 0.05) is 18.9 Å². The topological polar surface area (TPSA) is 101 Å². The zero-order valence-corrected chi connectivity index (χ0v) is 31.7. The fraction of sp³-hybridized carbons (Fsp3) is 0.512. The van der Waals surface area contributed by atoms with E-state index in [1.165, 1.54) is 19.1 Å². The maximum Gasteiger partial charge on any atom is 0.302 e. The van der Waals surface area contributed by atoms with Gasteiger partial charge in [-0.3, -0.25) is 14.4 Å². The molecule has 0 spiro atoms. The Morgan fingerprint density at radius 3 is 1.84 bits per heavy atom. The fourth-order valence-corrected chi connectivity index (χ4v) is 7.78. The highest BCUT2D eigenvalue weighted by Gasteiger charge is 2.46. The monoisotopic (exact) mass is 672 g/mol. The fourth-order valence-electron chi connectivity index (χ4n) is 7.78. The maximum atomic E-state index is 12.6. The van der Waals surface area contributed by atoms with Crippen molar-refractivity contribution in [2.24, 2.45) is 22.2 Å². The van der Waals surface area contributed by atoms with Gasteiger partial charge in [-0.25, -0.2) is 0 Å². The molecule has 2 fully saturated rings. The van der Waals surface area contributed by atoms with E-state index in [2.05, 4.69) is 41.5 Å². The molecule has 0 aromatic carbocycles. The molecule has 0 radical (unpaired) electrons. The summed E-state index contributed by atoms with van der Waals surface area (Å²) in [5.41, 5.74) is 2.45. The van der Waals surface area contributed by atoms with Crippen LogP contribution in [0.2, 0.25) is 0 Å². The number of aldehydes is 1. The molecule has 0 saturated heterocycles. The summed E-state index contributed by atoms with van der Waals surface area (Å²) in [5.74, 6) is -0.423. The van der Waals surface area contributed by atoms with Gasteiger partial charge in [-0.1, -0.05) is 120 Å². The number of esters is 1. The third-order valence-corrected chi connectivity index (χ3v) is 9.57. The highest BCUT2D eigenvalue weighted by Crippen LogP contribution is 2.51. The summed E-state index contributed by atoms with van der Waals surface area (Å²) in [6.45, 7) is 21.7. The van der Waals surface area contributed by atoms with Gasteiger partial charge < -0.3 is 14.9 Å². The summed E-state index contributed by atoms with van der Waals surface area (Å²) < 4.78 is 5.42. The first-order chi connectivity index (χ1) is 22.6. The van der Waals surface area contributed by atoms with Crippen molar-refractivity contribution in [1.29, 1.82) is 0 Å². The van der Waals surface area contributed by atoms with Crippen LogP contribution in [0.4, 0.5) is 0 Å². The van der Waals surface area contributed by atoms with Crippen LogP contribution in [0.15, 0.2) is 107 Å². The van der Waals surface area contributed by atoms with Crippen LogP contribution < -0.4 is 0 Å². The maximum absolute atomic E-state index is 12.6. The molecule has 49 heavy (non-hydrogen) atoms. The van der Waals surface area contributed by atoms with Gasteiger partial charge in [0.15, 0.2) is 5.78 Å². The molecule has 2 atom stereocenters. The van der Waals surface area contributed by atoms with Gasteiger partial charge in [0.25, 0.3) is 0 Å². The van der Waals surface area contributed by atoms with Gasteiger partial charge >= 0.3 is 5.97 Å². The first-order valence-electron chi connectivity index (χ1n) is 17.3. The van der Waals surface area contributed by atoms with E-state index in [0.717, 1.165) is 22.3 Å². The Balaban J connectivity index is 2.00. The van der Waals surface area contributed by atoms with Crippen molar-refractivity contribution in [2.45, 2.75) is 120 Å². The number of ketones is 1. The Kier molecular flexibility index (Phi) is 14.7. The lowest BCUT2D eigenvalue weighted by Crippen LogP contribution is -2.46. The molecular formula is C43H60O6. The number of allylic oxidation sites excluding steroid dienone is 17. The van der Waals surface area contributed by atoms with E-state index in [1.54, 1.807) is 13.0 Å². The van der Waals surface area contributed by atoms with E-state index in [0.29, 0.717) is 37.5 Å². The Labute approximate surface area is 295 Å². The molecule has 0 heterocycles. The third kappa shape index (κ3) is 13.3. The van der Waals surface area contributed by atoms with Crippen LogP contribution in [0.1, 0.15) is 102 Å². The molecule has 2 aliphatic rings. The molecule has 268 valence electrons. The van der Waals surface area contributed by atoms with E-state index in [1.807, 2.05) is 81.5 Å². The van der Waals surface area contributed by atoms with Crippen LogP contribution in [-0.4, -0.2) is 46.1 Å². The zero-order chi connectivity index (χ0) is 37.2. The summed E-state index contributed by atoms with van der Waals surface area (Å²) >= 11 is 0. The van der Waals surface area contributed by atoms with Crippen molar-refractivity contribution in [3.8, 4) is 0 Å². The van der Waals surface area contributed by atoms with Crippen LogP contribution in [0.25, 0.3) is 0 Å². The summed E-state index contributed by atoms with van der Waals surface area (Å²) in [6, 6.07) is 0. The second-order valence-corrected chi connectivity index (χ2v) is 16.2. The van der Waals surface area contributed by atoms with E-state index in [9.17, 15) is 24.6 Å². The van der Waals surface area contributed by atoms with Crippen molar-refractivity contribution >= 4 is 18.0 Å². The lowest BCUT2D eigenvalue weighted by atomic mass is 9.56. The molecule has 2 aliphatic carbocycles. The number of carbonyl (C=O) groups excluding carboxylic acids is 3. The minimum absolute atomic E-state index is 0.126. The molecule has 0 aromatic heterocycles. The summed E-state index contributed by atoms with van der Waals surface area (Å²) in [6.07, 6.45) is 26.7. The standard InChI is InChI=1S/C43H60O6/c1-30(17-14-18-31(2)19-21-39-42(9,10)27-37(49-33(4)45)28-43(39,11)48)15-12-13-16-32(3)23-35(46)24-34(29-44)20-22-38-40(5,6)25-36(47)26-41(38,7)8/h12-24,29,36-38,47-48H,25-28H2,1-11H3/b15-12?,16-13?,18-14?,22-20+,30-17?,31-19?,32-23?,34-24-,39-21?/t36?,37-,38?,43-/m1/s1. The first-order valence-corrected chi connectivity index (χ1v) is 17.3. The van der Waals surface area contributed by atoms with Crippen molar-refractivity contribution in [3.63, 3.8) is 0 Å². The van der Waals surface area contributed by atoms with Crippen LogP contribution in [0, 0.1) is 22.2 Å². The Hall–Kier alpha value is -3.61. The largest absolute Gasteiger partial charge is 0.462 e. The molecule has 6 nitrogen and oxygen atoms in total. The molecule has 0 unspecified atom stereocenters. The van der Waals surface area contributed by atoms with Gasteiger partial charge in [-0.2, -0.15) is 0 Å². The predicted molar refractivity (Wildman–Crippen MR) is 201 cm³/mol. The van der Waals surface area contributed by atoms with Crippen molar-refractivity contribution < 1.29 is 29.3 Å². The Morgan fingerprint density at radius 1 is 0.735 bits per heavy atom. The van der Waals surface area contributed by atoms with Gasteiger partial charge in [0.1, 0.15) is 12.4 Å². The minimum atomic E-state index is -1.07. The number of aliphatic hydroxyl groups is 2. The molecule has 6 heteroatoms. The van der Waals surface area contributed by atoms with E-state index >= 15 is 0 Å². The smallest absolute Gasteiger partial charge is 0.302 e. The summed E-state index contributed by atoms with van der Waals surface area (Å²) in [4.78, 5) is 35.9. The molecule has 2 rings (SSSR count). The molecule has 0 bridgehead atoms. The molecule has 0 aliphatic heterocycles. The van der Waals surface area contributed by atoms with Crippen LogP contribution >= 0.6 is 0 Å².